The van der Waals surface area contributed by atoms with Crippen molar-refractivity contribution in [3.8, 4) is 0 Å². The van der Waals surface area contributed by atoms with Crippen LogP contribution in [0.3, 0.4) is 0 Å². The van der Waals surface area contributed by atoms with Gasteiger partial charge >= 0.3 is 0 Å². The van der Waals surface area contributed by atoms with Crippen molar-refractivity contribution in [2.45, 2.75) is 25.9 Å². The predicted octanol–water partition coefficient (Wildman–Crippen LogP) is 2.67. The summed E-state index contributed by atoms with van der Waals surface area (Å²) in [6, 6.07) is 2.18. The fourth-order valence-electron chi connectivity index (χ4n) is 1.99. The molecule has 0 bridgehead atoms. The highest BCUT2D eigenvalue weighted by Crippen LogP contribution is 2.24. The second-order valence-corrected chi connectivity index (χ2v) is 4.70. The van der Waals surface area contributed by atoms with Crippen molar-refractivity contribution < 1.29 is 13.9 Å². The third kappa shape index (κ3) is 3.17. The molecule has 1 aromatic carbocycles. The van der Waals surface area contributed by atoms with E-state index in [0.717, 1.165) is 11.6 Å². The molecule has 0 spiro atoms. The Bertz CT molecular complexity index is 581. The third-order valence-electron chi connectivity index (χ3n) is 3.10. The highest BCUT2D eigenvalue weighted by atomic mass is 19.1. The van der Waals surface area contributed by atoms with Crippen molar-refractivity contribution >= 4 is 0 Å². The van der Waals surface area contributed by atoms with Gasteiger partial charge in [-0.15, -0.1) is 0 Å². The predicted molar refractivity (Wildman–Crippen MR) is 67.6 cm³/mol. The minimum Gasteiger partial charge on any atom is -0.388 e. The minimum absolute atomic E-state index is 0.141. The molecule has 0 aliphatic carbocycles. The average molecular weight is 266 g/mol. The summed E-state index contributed by atoms with van der Waals surface area (Å²) in [4.78, 5) is 0. The lowest BCUT2D eigenvalue weighted by Crippen LogP contribution is -2.04. The standard InChI is InChI=1S/C14H16F2N2O/c1-9-5-11(13(16)6-12(9)15)14(19)4-3-10-7-17-18(2)8-10/h5-8,14,19H,3-4H2,1-2H3. The molecule has 0 aliphatic rings. The number of benzene rings is 1. The molecule has 1 unspecified atom stereocenters. The van der Waals surface area contributed by atoms with Crippen molar-refractivity contribution in [2.24, 2.45) is 7.05 Å². The first-order valence-electron chi connectivity index (χ1n) is 6.08. The molecule has 1 heterocycles. The zero-order valence-electron chi connectivity index (χ0n) is 10.9. The summed E-state index contributed by atoms with van der Waals surface area (Å²) < 4.78 is 28.4. The summed E-state index contributed by atoms with van der Waals surface area (Å²) >= 11 is 0. The maximum Gasteiger partial charge on any atom is 0.131 e. The SMILES string of the molecule is Cc1cc(C(O)CCc2cnn(C)c2)c(F)cc1F. The number of halogens is 2. The number of rotatable bonds is 4. The van der Waals surface area contributed by atoms with E-state index in [0.29, 0.717) is 18.4 Å². The number of aliphatic hydroxyl groups is 1. The van der Waals surface area contributed by atoms with Gasteiger partial charge < -0.3 is 5.11 Å². The summed E-state index contributed by atoms with van der Waals surface area (Å²) in [6.07, 6.45) is 3.57. The van der Waals surface area contributed by atoms with Crippen LogP contribution < -0.4 is 0 Å². The van der Waals surface area contributed by atoms with Crippen LogP contribution in [0, 0.1) is 18.6 Å². The van der Waals surface area contributed by atoms with E-state index in [1.165, 1.54) is 6.07 Å². The van der Waals surface area contributed by atoms with E-state index in [2.05, 4.69) is 5.10 Å². The molecule has 1 aromatic heterocycles. The van der Waals surface area contributed by atoms with Crippen LogP contribution in [0.25, 0.3) is 0 Å². The van der Waals surface area contributed by atoms with Gasteiger partial charge in [-0.25, -0.2) is 8.78 Å². The van der Waals surface area contributed by atoms with Crippen LogP contribution >= 0.6 is 0 Å². The molecule has 19 heavy (non-hydrogen) atoms. The fourth-order valence-corrected chi connectivity index (χ4v) is 1.99. The van der Waals surface area contributed by atoms with E-state index in [-0.39, 0.29) is 5.56 Å². The molecule has 2 aromatic rings. The largest absolute Gasteiger partial charge is 0.388 e. The van der Waals surface area contributed by atoms with Gasteiger partial charge in [-0.05, 0) is 37.0 Å². The highest BCUT2D eigenvalue weighted by molar-refractivity contribution is 5.27. The topological polar surface area (TPSA) is 38.1 Å². The molecule has 0 radical (unpaired) electrons. The van der Waals surface area contributed by atoms with E-state index in [1.807, 2.05) is 13.2 Å². The van der Waals surface area contributed by atoms with Crippen LogP contribution in [0.4, 0.5) is 8.78 Å². The van der Waals surface area contributed by atoms with Crippen molar-refractivity contribution in [3.63, 3.8) is 0 Å². The van der Waals surface area contributed by atoms with Crippen LogP contribution in [-0.2, 0) is 13.5 Å². The van der Waals surface area contributed by atoms with Gasteiger partial charge in [0.1, 0.15) is 11.6 Å². The Hall–Kier alpha value is -1.75. The molecule has 2 rings (SSSR count). The molecule has 1 atom stereocenters. The van der Waals surface area contributed by atoms with Crippen molar-refractivity contribution in [2.75, 3.05) is 0 Å². The van der Waals surface area contributed by atoms with Gasteiger partial charge in [-0.2, -0.15) is 5.10 Å². The Kier molecular flexibility index (Phi) is 3.95. The number of aromatic nitrogens is 2. The summed E-state index contributed by atoms with van der Waals surface area (Å²) in [5.74, 6) is -1.30. The summed E-state index contributed by atoms with van der Waals surface area (Å²) in [5, 5.41) is 14.0. The van der Waals surface area contributed by atoms with Gasteiger partial charge in [0.05, 0.1) is 12.3 Å². The van der Waals surface area contributed by atoms with Crippen molar-refractivity contribution in [3.05, 3.63) is 52.9 Å². The molecule has 0 amide bonds. The summed E-state index contributed by atoms with van der Waals surface area (Å²) in [6.45, 7) is 1.55. The maximum absolute atomic E-state index is 13.6. The Morgan fingerprint density at radius 2 is 2.05 bits per heavy atom. The van der Waals surface area contributed by atoms with Gasteiger partial charge in [0.2, 0.25) is 0 Å². The number of aliphatic hydroxyl groups excluding tert-OH is 1. The van der Waals surface area contributed by atoms with Gasteiger partial charge in [-0.3, -0.25) is 4.68 Å². The zero-order valence-corrected chi connectivity index (χ0v) is 10.9. The molecule has 3 nitrogen and oxygen atoms in total. The van der Waals surface area contributed by atoms with Crippen LogP contribution in [-0.4, -0.2) is 14.9 Å². The zero-order chi connectivity index (χ0) is 14.0. The molecule has 0 fully saturated rings. The minimum atomic E-state index is -0.945. The van der Waals surface area contributed by atoms with Crippen LogP contribution in [0.15, 0.2) is 24.5 Å². The molecular formula is C14H16F2N2O. The van der Waals surface area contributed by atoms with E-state index in [9.17, 15) is 13.9 Å². The molecule has 102 valence electrons. The smallest absolute Gasteiger partial charge is 0.131 e. The quantitative estimate of drug-likeness (QED) is 0.924. The first-order valence-corrected chi connectivity index (χ1v) is 6.08. The number of aryl methyl sites for hydroxylation is 3. The molecular weight excluding hydrogens is 250 g/mol. The van der Waals surface area contributed by atoms with E-state index >= 15 is 0 Å². The Morgan fingerprint density at radius 3 is 2.68 bits per heavy atom. The van der Waals surface area contributed by atoms with Crippen LogP contribution in [0.5, 0.6) is 0 Å². The van der Waals surface area contributed by atoms with Crippen molar-refractivity contribution in [1.29, 1.82) is 0 Å². The molecule has 0 aliphatic heterocycles. The monoisotopic (exact) mass is 266 g/mol. The first kappa shape index (κ1) is 13.7. The molecule has 5 heteroatoms. The van der Waals surface area contributed by atoms with Gasteiger partial charge in [-0.1, -0.05) is 0 Å². The third-order valence-corrected chi connectivity index (χ3v) is 3.10. The van der Waals surface area contributed by atoms with E-state index in [4.69, 9.17) is 0 Å². The second kappa shape index (κ2) is 5.48. The number of nitrogens with zero attached hydrogens (tertiary/aromatic N) is 2. The Balaban J connectivity index is 2.07. The fraction of sp³-hybridized carbons (Fsp3) is 0.357. The average Bonchev–Trinajstić information content (AvgIpc) is 2.77. The summed E-state index contributed by atoms with van der Waals surface area (Å²) in [5.41, 5.74) is 1.44. The normalized spacial score (nSPS) is 12.7. The highest BCUT2D eigenvalue weighted by Gasteiger charge is 2.15. The van der Waals surface area contributed by atoms with Crippen LogP contribution in [0.1, 0.15) is 29.2 Å². The van der Waals surface area contributed by atoms with E-state index in [1.54, 1.807) is 17.8 Å². The first-order chi connectivity index (χ1) is 8.97. The van der Waals surface area contributed by atoms with Gasteiger partial charge in [0.15, 0.2) is 0 Å². The van der Waals surface area contributed by atoms with Gasteiger partial charge in [0.25, 0.3) is 0 Å². The Morgan fingerprint density at radius 1 is 1.32 bits per heavy atom. The molecule has 0 saturated heterocycles. The second-order valence-electron chi connectivity index (χ2n) is 4.70. The van der Waals surface area contributed by atoms with E-state index < -0.39 is 17.7 Å². The summed E-state index contributed by atoms with van der Waals surface area (Å²) in [7, 11) is 1.81. The van der Waals surface area contributed by atoms with Crippen molar-refractivity contribution in [1.82, 2.24) is 9.78 Å². The van der Waals surface area contributed by atoms with Gasteiger partial charge in [0, 0.05) is 24.9 Å². The maximum atomic E-state index is 13.6. The number of hydrogen-bond donors (Lipinski definition) is 1. The molecule has 1 N–H and O–H groups in total. The Labute approximate surface area is 110 Å². The number of hydrogen-bond acceptors (Lipinski definition) is 2. The lowest BCUT2D eigenvalue weighted by atomic mass is 10.0. The lowest BCUT2D eigenvalue weighted by Gasteiger charge is -2.12. The molecule has 0 saturated carbocycles. The van der Waals surface area contributed by atoms with Crippen LogP contribution in [0.2, 0.25) is 0 Å². The lowest BCUT2D eigenvalue weighted by molar-refractivity contribution is 0.163.